The average molecular weight is 428 g/mol. The number of hydrogen-bond donors (Lipinski definition) is 1. The van der Waals surface area contributed by atoms with Crippen molar-refractivity contribution in [2.45, 2.75) is 57.7 Å². The van der Waals surface area contributed by atoms with E-state index < -0.39 is 5.60 Å². The SMILES string of the molecule is CCSc1ccc(CNC(=O)c2cnc3c(c2)CCN(C(=O)OC(C)(C)C)C3)cc1. The third kappa shape index (κ3) is 5.98. The molecule has 1 aliphatic heterocycles. The van der Waals surface area contributed by atoms with Gasteiger partial charge in [-0.2, -0.15) is 0 Å². The van der Waals surface area contributed by atoms with Gasteiger partial charge in [0.1, 0.15) is 5.60 Å². The zero-order valence-corrected chi connectivity index (χ0v) is 18.8. The lowest BCUT2D eigenvalue weighted by molar-refractivity contribution is 0.0220. The molecule has 0 unspecified atom stereocenters. The van der Waals surface area contributed by atoms with Gasteiger partial charge in [0.05, 0.1) is 17.8 Å². The monoisotopic (exact) mass is 427 g/mol. The van der Waals surface area contributed by atoms with E-state index >= 15 is 0 Å². The molecule has 1 aromatic carbocycles. The number of aromatic nitrogens is 1. The zero-order valence-electron chi connectivity index (χ0n) is 18.0. The first-order valence-electron chi connectivity index (χ1n) is 10.2. The molecule has 1 aromatic heterocycles. The maximum atomic E-state index is 12.6. The van der Waals surface area contributed by atoms with E-state index in [2.05, 4.69) is 29.4 Å². The molecule has 0 radical (unpaired) electrons. The predicted molar refractivity (Wildman–Crippen MR) is 119 cm³/mol. The van der Waals surface area contributed by atoms with Crippen LogP contribution in [-0.2, 0) is 24.2 Å². The molecule has 2 aromatic rings. The summed E-state index contributed by atoms with van der Waals surface area (Å²) in [5.74, 6) is 0.892. The molecule has 6 nitrogen and oxygen atoms in total. The summed E-state index contributed by atoms with van der Waals surface area (Å²) in [4.78, 5) is 32.2. The van der Waals surface area contributed by atoms with Gasteiger partial charge in [0, 0.05) is 24.2 Å². The number of hydrogen-bond acceptors (Lipinski definition) is 5. The highest BCUT2D eigenvalue weighted by molar-refractivity contribution is 7.99. The van der Waals surface area contributed by atoms with E-state index in [-0.39, 0.29) is 12.0 Å². The number of benzene rings is 1. The van der Waals surface area contributed by atoms with Crippen LogP contribution in [-0.4, -0.2) is 39.8 Å². The molecule has 0 atom stereocenters. The zero-order chi connectivity index (χ0) is 21.7. The van der Waals surface area contributed by atoms with Crippen molar-refractivity contribution < 1.29 is 14.3 Å². The van der Waals surface area contributed by atoms with Crippen molar-refractivity contribution in [3.05, 3.63) is 58.9 Å². The molecule has 160 valence electrons. The smallest absolute Gasteiger partial charge is 0.410 e. The Morgan fingerprint density at radius 3 is 2.63 bits per heavy atom. The van der Waals surface area contributed by atoms with E-state index in [1.54, 1.807) is 22.9 Å². The van der Waals surface area contributed by atoms with E-state index in [0.29, 0.717) is 31.6 Å². The lowest BCUT2D eigenvalue weighted by atomic mass is 10.0. The number of pyridine rings is 1. The first-order chi connectivity index (χ1) is 14.2. The largest absolute Gasteiger partial charge is 0.444 e. The Kier molecular flexibility index (Phi) is 7.02. The minimum atomic E-state index is -0.526. The van der Waals surface area contributed by atoms with Crippen LogP contribution in [0.5, 0.6) is 0 Å². The third-order valence-electron chi connectivity index (χ3n) is 4.65. The molecule has 3 rings (SSSR count). The van der Waals surface area contributed by atoms with Crippen molar-refractivity contribution in [1.29, 1.82) is 0 Å². The van der Waals surface area contributed by atoms with Crippen LogP contribution in [0.4, 0.5) is 4.79 Å². The summed E-state index contributed by atoms with van der Waals surface area (Å²) in [6, 6.07) is 10.1. The van der Waals surface area contributed by atoms with E-state index in [1.165, 1.54) is 4.90 Å². The number of carbonyl (C=O) groups excluding carboxylic acids is 2. The number of nitrogens with zero attached hydrogens (tertiary/aromatic N) is 2. The van der Waals surface area contributed by atoms with E-state index in [9.17, 15) is 9.59 Å². The van der Waals surface area contributed by atoms with Gasteiger partial charge in [0.15, 0.2) is 0 Å². The molecular formula is C23H29N3O3S. The molecule has 7 heteroatoms. The predicted octanol–water partition coefficient (Wildman–Crippen LogP) is 4.42. The van der Waals surface area contributed by atoms with Gasteiger partial charge in [-0.05, 0) is 62.3 Å². The Bertz CT molecular complexity index is 907. The second-order valence-corrected chi connectivity index (χ2v) is 9.58. The van der Waals surface area contributed by atoms with Gasteiger partial charge in [-0.15, -0.1) is 11.8 Å². The molecule has 30 heavy (non-hydrogen) atoms. The summed E-state index contributed by atoms with van der Waals surface area (Å²) in [5, 5.41) is 2.96. The second kappa shape index (κ2) is 9.51. The van der Waals surface area contributed by atoms with Crippen molar-refractivity contribution >= 4 is 23.8 Å². The average Bonchev–Trinajstić information content (AvgIpc) is 2.71. The number of rotatable bonds is 5. The van der Waals surface area contributed by atoms with Gasteiger partial charge >= 0.3 is 6.09 Å². The normalized spacial score (nSPS) is 13.5. The number of ether oxygens (including phenoxy) is 1. The molecule has 0 saturated carbocycles. The molecule has 1 N–H and O–H groups in total. The van der Waals surface area contributed by atoms with Crippen LogP contribution in [0.2, 0.25) is 0 Å². The molecule has 1 aliphatic rings. The minimum Gasteiger partial charge on any atom is -0.444 e. The second-order valence-electron chi connectivity index (χ2n) is 8.24. The molecule has 0 saturated heterocycles. The van der Waals surface area contributed by atoms with E-state index in [0.717, 1.165) is 22.6 Å². The minimum absolute atomic E-state index is 0.146. The quantitative estimate of drug-likeness (QED) is 0.716. The van der Waals surface area contributed by atoms with Gasteiger partial charge in [-0.25, -0.2) is 4.79 Å². The summed E-state index contributed by atoms with van der Waals surface area (Å²) in [6.45, 7) is 9.10. The van der Waals surface area contributed by atoms with Crippen molar-refractivity contribution in [2.24, 2.45) is 0 Å². The standard InChI is InChI=1S/C23H29N3O3S/c1-5-30-19-8-6-16(7-9-19)13-25-21(27)18-12-17-10-11-26(15-20(17)24-14-18)22(28)29-23(2,3)4/h6-9,12,14H,5,10-11,13,15H2,1-4H3,(H,25,27). The van der Waals surface area contributed by atoms with Crippen molar-refractivity contribution in [2.75, 3.05) is 12.3 Å². The first kappa shape index (κ1) is 22.2. The molecule has 0 bridgehead atoms. The van der Waals surface area contributed by atoms with Crippen LogP contribution in [0.15, 0.2) is 41.4 Å². The lowest BCUT2D eigenvalue weighted by Gasteiger charge is -2.30. The fraction of sp³-hybridized carbons (Fsp3) is 0.435. The van der Waals surface area contributed by atoms with Crippen LogP contribution in [0.3, 0.4) is 0 Å². The van der Waals surface area contributed by atoms with E-state index in [4.69, 9.17) is 4.74 Å². The summed E-state index contributed by atoms with van der Waals surface area (Å²) in [5.41, 5.74) is 2.89. The number of fused-ring (bicyclic) bond motifs is 1. The molecular weight excluding hydrogens is 398 g/mol. The third-order valence-corrected chi connectivity index (χ3v) is 5.55. The van der Waals surface area contributed by atoms with Gasteiger partial charge < -0.3 is 15.0 Å². The summed E-state index contributed by atoms with van der Waals surface area (Å²) < 4.78 is 5.44. The lowest BCUT2D eigenvalue weighted by Crippen LogP contribution is -2.40. The van der Waals surface area contributed by atoms with Crippen molar-refractivity contribution in [3.63, 3.8) is 0 Å². The Morgan fingerprint density at radius 2 is 1.97 bits per heavy atom. The van der Waals surface area contributed by atoms with Crippen molar-refractivity contribution in [3.8, 4) is 0 Å². The highest BCUT2D eigenvalue weighted by Gasteiger charge is 2.26. The first-order valence-corrected chi connectivity index (χ1v) is 11.2. The van der Waals surface area contributed by atoms with Crippen LogP contribution in [0.1, 0.15) is 54.9 Å². The molecule has 2 amide bonds. The van der Waals surface area contributed by atoms with Crippen LogP contribution >= 0.6 is 11.8 Å². The topological polar surface area (TPSA) is 71.5 Å². The Balaban J connectivity index is 1.58. The summed E-state index contributed by atoms with van der Waals surface area (Å²) >= 11 is 1.79. The van der Waals surface area contributed by atoms with Gasteiger partial charge in [-0.3, -0.25) is 9.78 Å². The Labute approximate surface area is 182 Å². The van der Waals surface area contributed by atoms with Crippen LogP contribution in [0, 0.1) is 0 Å². The van der Waals surface area contributed by atoms with Crippen LogP contribution < -0.4 is 5.32 Å². The van der Waals surface area contributed by atoms with E-state index in [1.807, 2.05) is 39.0 Å². The fourth-order valence-electron chi connectivity index (χ4n) is 3.17. The summed E-state index contributed by atoms with van der Waals surface area (Å²) in [6.07, 6.45) is 1.90. The highest BCUT2D eigenvalue weighted by Crippen LogP contribution is 2.21. The molecule has 0 spiro atoms. The number of carbonyl (C=O) groups is 2. The summed E-state index contributed by atoms with van der Waals surface area (Å²) in [7, 11) is 0. The number of thioether (sulfide) groups is 1. The fourth-order valence-corrected chi connectivity index (χ4v) is 3.84. The van der Waals surface area contributed by atoms with Gasteiger partial charge in [0.2, 0.25) is 0 Å². The molecule has 0 fully saturated rings. The Morgan fingerprint density at radius 1 is 1.23 bits per heavy atom. The molecule has 0 aliphatic carbocycles. The Hall–Kier alpha value is -2.54. The van der Waals surface area contributed by atoms with Gasteiger partial charge in [-0.1, -0.05) is 19.1 Å². The molecule has 2 heterocycles. The maximum absolute atomic E-state index is 12.6. The van der Waals surface area contributed by atoms with Gasteiger partial charge in [0.25, 0.3) is 5.91 Å². The van der Waals surface area contributed by atoms with Crippen LogP contribution in [0.25, 0.3) is 0 Å². The number of nitrogens with one attached hydrogen (secondary N) is 1. The highest BCUT2D eigenvalue weighted by atomic mass is 32.2. The number of amides is 2. The maximum Gasteiger partial charge on any atom is 0.410 e. The van der Waals surface area contributed by atoms with Crippen molar-refractivity contribution in [1.82, 2.24) is 15.2 Å².